The molecule has 1 fully saturated rings. The van der Waals surface area contributed by atoms with E-state index < -0.39 is 0 Å². The van der Waals surface area contributed by atoms with E-state index in [0.717, 1.165) is 12.3 Å². The fraction of sp³-hybridized carbons (Fsp3) is 0.333. The van der Waals surface area contributed by atoms with E-state index in [1.54, 1.807) is 0 Å². The molecular weight excluding hydrogens is 246 g/mol. The van der Waals surface area contributed by atoms with Gasteiger partial charge in [0, 0.05) is 12.6 Å². The summed E-state index contributed by atoms with van der Waals surface area (Å²) in [5.74, 6) is 1.59. The second-order valence-corrected chi connectivity index (χ2v) is 5.59. The third-order valence-electron chi connectivity index (χ3n) is 3.95. The summed E-state index contributed by atoms with van der Waals surface area (Å²) in [5.41, 5.74) is 2.61. The lowest BCUT2D eigenvalue weighted by molar-refractivity contribution is 0.306. The van der Waals surface area contributed by atoms with Gasteiger partial charge < -0.3 is 10.1 Å². The van der Waals surface area contributed by atoms with Crippen molar-refractivity contribution in [2.75, 3.05) is 6.54 Å². The van der Waals surface area contributed by atoms with Crippen LogP contribution in [0, 0.1) is 0 Å². The molecule has 1 heterocycles. The number of benzene rings is 2. The van der Waals surface area contributed by atoms with Gasteiger partial charge in [-0.3, -0.25) is 0 Å². The second-order valence-electron chi connectivity index (χ2n) is 5.59. The lowest BCUT2D eigenvalue weighted by atomic mass is 9.97. The van der Waals surface area contributed by atoms with Gasteiger partial charge in [0.15, 0.2) is 0 Å². The molecule has 0 amide bonds. The molecule has 104 valence electrons. The molecule has 3 rings (SSSR count). The molecule has 2 atom stereocenters. The third kappa shape index (κ3) is 3.20. The Bertz CT molecular complexity index is 535. The molecule has 0 spiro atoms. The standard InChI is InChI=1S/C18H21NO/c1-14-11-17(12-19-14)16-7-9-18(10-8-16)20-13-15-5-3-2-4-6-15/h2-10,14,17,19H,11-13H2,1H3. The zero-order valence-corrected chi connectivity index (χ0v) is 11.9. The monoisotopic (exact) mass is 267 g/mol. The van der Waals surface area contributed by atoms with E-state index in [2.05, 4.69) is 48.6 Å². The summed E-state index contributed by atoms with van der Waals surface area (Å²) >= 11 is 0. The highest BCUT2D eigenvalue weighted by Gasteiger charge is 2.21. The Balaban J connectivity index is 1.59. The van der Waals surface area contributed by atoms with Crippen molar-refractivity contribution in [3.63, 3.8) is 0 Å². The van der Waals surface area contributed by atoms with E-state index in [1.165, 1.54) is 17.5 Å². The molecule has 0 radical (unpaired) electrons. The predicted octanol–water partition coefficient (Wildman–Crippen LogP) is 3.73. The molecular formula is C18H21NO. The molecule has 2 heteroatoms. The molecule has 2 aromatic carbocycles. The number of hydrogen-bond acceptors (Lipinski definition) is 2. The Labute approximate surface area is 120 Å². The average Bonchev–Trinajstić information content (AvgIpc) is 2.93. The van der Waals surface area contributed by atoms with Gasteiger partial charge in [-0.05, 0) is 42.5 Å². The van der Waals surface area contributed by atoms with Crippen LogP contribution in [0.3, 0.4) is 0 Å². The molecule has 2 aromatic rings. The Morgan fingerprint density at radius 3 is 2.45 bits per heavy atom. The van der Waals surface area contributed by atoms with E-state index in [-0.39, 0.29) is 0 Å². The maximum absolute atomic E-state index is 5.82. The summed E-state index contributed by atoms with van der Waals surface area (Å²) in [6.07, 6.45) is 1.23. The first-order valence-electron chi connectivity index (χ1n) is 7.31. The van der Waals surface area contributed by atoms with Crippen molar-refractivity contribution in [3.05, 3.63) is 65.7 Å². The minimum Gasteiger partial charge on any atom is -0.489 e. The van der Waals surface area contributed by atoms with Gasteiger partial charge >= 0.3 is 0 Å². The predicted molar refractivity (Wildman–Crippen MR) is 82.0 cm³/mol. The van der Waals surface area contributed by atoms with Gasteiger partial charge in [0.2, 0.25) is 0 Å². The lowest BCUT2D eigenvalue weighted by Crippen LogP contribution is -2.16. The number of rotatable bonds is 4. The van der Waals surface area contributed by atoms with E-state index in [9.17, 15) is 0 Å². The first-order valence-corrected chi connectivity index (χ1v) is 7.31. The Morgan fingerprint density at radius 1 is 1.05 bits per heavy atom. The molecule has 0 saturated carbocycles. The average molecular weight is 267 g/mol. The molecule has 0 bridgehead atoms. The molecule has 1 saturated heterocycles. The molecule has 0 aliphatic carbocycles. The van der Waals surface area contributed by atoms with Crippen LogP contribution >= 0.6 is 0 Å². The summed E-state index contributed by atoms with van der Waals surface area (Å²) in [4.78, 5) is 0. The number of ether oxygens (including phenoxy) is 1. The van der Waals surface area contributed by atoms with Crippen molar-refractivity contribution in [2.24, 2.45) is 0 Å². The smallest absolute Gasteiger partial charge is 0.119 e. The van der Waals surface area contributed by atoms with Crippen molar-refractivity contribution >= 4 is 0 Å². The highest BCUT2D eigenvalue weighted by molar-refractivity contribution is 5.30. The van der Waals surface area contributed by atoms with Gasteiger partial charge in [-0.25, -0.2) is 0 Å². The fourth-order valence-electron chi connectivity index (χ4n) is 2.77. The number of hydrogen-bond donors (Lipinski definition) is 1. The van der Waals surface area contributed by atoms with Crippen LogP contribution in [0.4, 0.5) is 0 Å². The molecule has 2 unspecified atom stereocenters. The first kappa shape index (κ1) is 13.2. The van der Waals surface area contributed by atoms with E-state index in [1.807, 2.05) is 18.2 Å². The Kier molecular flexibility index (Phi) is 4.03. The van der Waals surface area contributed by atoms with Crippen molar-refractivity contribution < 1.29 is 4.74 Å². The Morgan fingerprint density at radius 2 is 1.80 bits per heavy atom. The minimum atomic E-state index is 0.627. The first-order chi connectivity index (χ1) is 9.81. The summed E-state index contributed by atoms with van der Waals surface area (Å²) < 4.78 is 5.82. The summed E-state index contributed by atoms with van der Waals surface area (Å²) in [6.45, 7) is 3.96. The SMILES string of the molecule is CC1CC(c2ccc(OCc3ccccc3)cc2)CN1. The van der Waals surface area contributed by atoms with Gasteiger partial charge in [0.05, 0.1) is 0 Å². The fourth-order valence-corrected chi connectivity index (χ4v) is 2.77. The maximum atomic E-state index is 5.82. The topological polar surface area (TPSA) is 21.3 Å². The van der Waals surface area contributed by atoms with Crippen molar-refractivity contribution in [1.82, 2.24) is 5.32 Å². The molecule has 1 aliphatic heterocycles. The normalized spacial score (nSPS) is 21.9. The summed E-state index contributed by atoms with van der Waals surface area (Å²) in [6, 6.07) is 19.5. The van der Waals surface area contributed by atoms with E-state index >= 15 is 0 Å². The van der Waals surface area contributed by atoms with Crippen LogP contribution in [0.1, 0.15) is 30.4 Å². The highest BCUT2D eigenvalue weighted by atomic mass is 16.5. The van der Waals surface area contributed by atoms with Crippen LogP contribution in [0.2, 0.25) is 0 Å². The van der Waals surface area contributed by atoms with E-state index in [0.29, 0.717) is 18.6 Å². The summed E-state index contributed by atoms with van der Waals surface area (Å²) in [7, 11) is 0. The zero-order chi connectivity index (χ0) is 13.8. The van der Waals surface area contributed by atoms with Crippen molar-refractivity contribution in [1.29, 1.82) is 0 Å². The summed E-state index contributed by atoms with van der Waals surface area (Å²) in [5, 5.41) is 3.50. The zero-order valence-electron chi connectivity index (χ0n) is 11.9. The van der Waals surface area contributed by atoms with Crippen LogP contribution in [-0.4, -0.2) is 12.6 Å². The Hall–Kier alpha value is -1.80. The van der Waals surface area contributed by atoms with Crippen LogP contribution in [0.5, 0.6) is 5.75 Å². The van der Waals surface area contributed by atoms with Crippen molar-refractivity contribution in [2.45, 2.75) is 31.9 Å². The quantitative estimate of drug-likeness (QED) is 0.911. The molecule has 2 nitrogen and oxygen atoms in total. The van der Waals surface area contributed by atoms with Gasteiger partial charge in [-0.2, -0.15) is 0 Å². The van der Waals surface area contributed by atoms with Gasteiger partial charge in [-0.1, -0.05) is 42.5 Å². The second kappa shape index (κ2) is 6.10. The van der Waals surface area contributed by atoms with Gasteiger partial charge in [-0.15, -0.1) is 0 Å². The van der Waals surface area contributed by atoms with Crippen LogP contribution in [0.15, 0.2) is 54.6 Å². The minimum absolute atomic E-state index is 0.627. The number of nitrogens with one attached hydrogen (secondary N) is 1. The van der Waals surface area contributed by atoms with Gasteiger partial charge in [0.25, 0.3) is 0 Å². The van der Waals surface area contributed by atoms with Crippen molar-refractivity contribution in [3.8, 4) is 5.75 Å². The van der Waals surface area contributed by atoms with E-state index in [4.69, 9.17) is 4.74 Å². The lowest BCUT2D eigenvalue weighted by Gasteiger charge is -2.11. The largest absolute Gasteiger partial charge is 0.489 e. The highest BCUT2D eigenvalue weighted by Crippen LogP contribution is 2.27. The van der Waals surface area contributed by atoms with Crippen LogP contribution in [0.25, 0.3) is 0 Å². The molecule has 0 aromatic heterocycles. The van der Waals surface area contributed by atoms with Crippen LogP contribution < -0.4 is 10.1 Å². The van der Waals surface area contributed by atoms with Crippen LogP contribution in [-0.2, 0) is 6.61 Å². The molecule has 1 aliphatic rings. The third-order valence-corrected chi connectivity index (χ3v) is 3.95. The molecule has 20 heavy (non-hydrogen) atoms. The van der Waals surface area contributed by atoms with Gasteiger partial charge in [0.1, 0.15) is 12.4 Å². The molecule has 1 N–H and O–H groups in total. The maximum Gasteiger partial charge on any atom is 0.119 e.